The molecule has 17 heavy (non-hydrogen) atoms. The minimum absolute atomic E-state index is 0.414. The molecule has 0 fully saturated rings. The van der Waals surface area contributed by atoms with Gasteiger partial charge in [0.2, 0.25) is 0 Å². The van der Waals surface area contributed by atoms with Crippen molar-refractivity contribution < 1.29 is 14.6 Å². The lowest BCUT2D eigenvalue weighted by molar-refractivity contribution is -0.241. The summed E-state index contributed by atoms with van der Waals surface area (Å²) in [6.45, 7) is 6.40. The Labute approximate surface area is 103 Å². The molecule has 1 aromatic rings. The number of aryl methyl sites for hydroxylation is 2. The van der Waals surface area contributed by atoms with Gasteiger partial charge in [-0.15, -0.1) is 0 Å². The van der Waals surface area contributed by atoms with E-state index in [4.69, 9.17) is 9.78 Å². The van der Waals surface area contributed by atoms with Gasteiger partial charge in [0.15, 0.2) is 0 Å². The molecule has 0 unspecified atom stereocenters. The van der Waals surface area contributed by atoms with Crippen LogP contribution >= 0.6 is 0 Å². The first-order valence-corrected chi connectivity index (χ1v) is 6.06. The SMILES string of the molecule is CCCCCOOC(=O)c1cc(C)ccc1C. The zero-order valence-corrected chi connectivity index (χ0v) is 10.8. The lowest BCUT2D eigenvalue weighted by Gasteiger charge is -2.06. The van der Waals surface area contributed by atoms with Gasteiger partial charge in [0.05, 0.1) is 12.2 Å². The third-order valence-electron chi connectivity index (χ3n) is 2.58. The largest absolute Gasteiger partial charge is 0.373 e. The fourth-order valence-corrected chi connectivity index (χ4v) is 1.51. The van der Waals surface area contributed by atoms with Crippen LogP contribution in [0.4, 0.5) is 0 Å². The molecule has 0 N–H and O–H groups in total. The highest BCUT2D eigenvalue weighted by Gasteiger charge is 2.11. The van der Waals surface area contributed by atoms with Crippen LogP contribution in [0.1, 0.15) is 47.7 Å². The number of unbranched alkanes of at least 4 members (excludes halogenated alkanes) is 2. The molecule has 0 spiro atoms. The summed E-state index contributed by atoms with van der Waals surface area (Å²) in [6, 6.07) is 5.68. The zero-order chi connectivity index (χ0) is 12.7. The van der Waals surface area contributed by atoms with Crippen LogP contribution in [0.3, 0.4) is 0 Å². The second-order valence-electron chi connectivity index (χ2n) is 4.22. The molecule has 0 saturated carbocycles. The normalized spacial score (nSPS) is 10.3. The number of carbonyl (C=O) groups is 1. The molecule has 0 aliphatic heterocycles. The first-order valence-electron chi connectivity index (χ1n) is 6.06. The van der Waals surface area contributed by atoms with E-state index < -0.39 is 5.97 Å². The van der Waals surface area contributed by atoms with E-state index in [1.807, 2.05) is 32.0 Å². The van der Waals surface area contributed by atoms with Crippen molar-refractivity contribution in [1.82, 2.24) is 0 Å². The Morgan fingerprint density at radius 1 is 1.24 bits per heavy atom. The summed E-state index contributed by atoms with van der Waals surface area (Å²) in [4.78, 5) is 21.4. The van der Waals surface area contributed by atoms with Crippen molar-refractivity contribution in [2.45, 2.75) is 40.0 Å². The van der Waals surface area contributed by atoms with E-state index in [0.717, 1.165) is 30.4 Å². The molecule has 0 heterocycles. The van der Waals surface area contributed by atoms with E-state index in [1.54, 1.807) is 0 Å². The molecule has 0 aliphatic carbocycles. The van der Waals surface area contributed by atoms with E-state index in [0.29, 0.717) is 12.2 Å². The highest BCUT2D eigenvalue weighted by molar-refractivity contribution is 5.90. The van der Waals surface area contributed by atoms with Crippen molar-refractivity contribution >= 4 is 5.97 Å². The average Bonchev–Trinajstić information content (AvgIpc) is 2.32. The van der Waals surface area contributed by atoms with Gasteiger partial charge in [0, 0.05) is 0 Å². The van der Waals surface area contributed by atoms with Crippen molar-refractivity contribution in [3.63, 3.8) is 0 Å². The van der Waals surface area contributed by atoms with Crippen LogP contribution in [0.5, 0.6) is 0 Å². The van der Waals surface area contributed by atoms with Gasteiger partial charge < -0.3 is 0 Å². The summed E-state index contributed by atoms with van der Waals surface area (Å²) in [5, 5.41) is 0. The summed E-state index contributed by atoms with van der Waals surface area (Å²) < 4.78 is 0. The third kappa shape index (κ3) is 4.57. The van der Waals surface area contributed by atoms with Crippen LogP contribution in [0, 0.1) is 13.8 Å². The molecule has 94 valence electrons. The maximum Gasteiger partial charge on any atom is 0.373 e. The van der Waals surface area contributed by atoms with Gasteiger partial charge >= 0.3 is 5.97 Å². The second kappa shape index (κ2) is 7.07. The molecule has 0 amide bonds. The molecule has 0 aliphatic rings. The maximum absolute atomic E-state index is 11.7. The maximum atomic E-state index is 11.7. The number of hydrogen-bond donors (Lipinski definition) is 0. The first kappa shape index (κ1) is 13.7. The summed E-state index contributed by atoms with van der Waals surface area (Å²) in [6.07, 6.45) is 3.12. The fourth-order valence-electron chi connectivity index (χ4n) is 1.51. The molecule has 3 heteroatoms. The number of carbonyl (C=O) groups excluding carboxylic acids is 1. The van der Waals surface area contributed by atoms with E-state index in [9.17, 15) is 4.79 Å². The highest BCUT2D eigenvalue weighted by Crippen LogP contribution is 2.12. The molecule has 3 nitrogen and oxygen atoms in total. The Kier molecular flexibility index (Phi) is 5.70. The van der Waals surface area contributed by atoms with Crippen LogP contribution in [0.25, 0.3) is 0 Å². The van der Waals surface area contributed by atoms with E-state index in [1.165, 1.54) is 0 Å². The lowest BCUT2D eigenvalue weighted by atomic mass is 10.1. The summed E-state index contributed by atoms with van der Waals surface area (Å²) in [7, 11) is 0. The topological polar surface area (TPSA) is 35.5 Å². The Morgan fingerprint density at radius 3 is 2.71 bits per heavy atom. The average molecular weight is 236 g/mol. The minimum atomic E-state index is -0.414. The van der Waals surface area contributed by atoms with Crippen LogP contribution in [-0.2, 0) is 9.78 Å². The Balaban J connectivity index is 2.44. The first-order chi connectivity index (χ1) is 8.15. The Hall–Kier alpha value is -1.35. The summed E-state index contributed by atoms with van der Waals surface area (Å²) in [5.74, 6) is -0.414. The van der Waals surface area contributed by atoms with Gasteiger partial charge in [-0.25, -0.2) is 4.79 Å². The number of hydrogen-bond acceptors (Lipinski definition) is 3. The molecule has 0 aromatic heterocycles. The van der Waals surface area contributed by atoms with Gasteiger partial charge in [0.1, 0.15) is 0 Å². The predicted octanol–water partition coefficient (Wildman–Crippen LogP) is 3.58. The summed E-state index contributed by atoms with van der Waals surface area (Å²) in [5.41, 5.74) is 2.51. The Morgan fingerprint density at radius 2 is 2.00 bits per heavy atom. The van der Waals surface area contributed by atoms with Crippen LogP contribution in [0.15, 0.2) is 18.2 Å². The fraction of sp³-hybridized carbons (Fsp3) is 0.500. The molecule has 0 saturated heterocycles. The standard InChI is InChI=1S/C14H20O3/c1-4-5-6-9-16-17-14(15)13-10-11(2)7-8-12(13)3/h7-8,10H,4-6,9H2,1-3H3. The Bertz CT molecular complexity index is 372. The van der Waals surface area contributed by atoms with E-state index in [-0.39, 0.29) is 0 Å². The quantitative estimate of drug-likeness (QED) is 0.430. The zero-order valence-electron chi connectivity index (χ0n) is 10.8. The third-order valence-corrected chi connectivity index (χ3v) is 2.58. The van der Waals surface area contributed by atoms with Gasteiger partial charge in [-0.1, -0.05) is 37.5 Å². The van der Waals surface area contributed by atoms with Gasteiger partial charge in [0.25, 0.3) is 0 Å². The molecular weight excluding hydrogens is 216 g/mol. The second-order valence-corrected chi connectivity index (χ2v) is 4.22. The molecule has 0 radical (unpaired) electrons. The van der Waals surface area contributed by atoms with Crippen molar-refractivity contribution in [1.29, 1.82) is 0 Å². The van der Waals surface area contributed by atoms with Crippen molar-refractivity contribution in [2.75, 3.05) is 6.61 Å². The summed E-state index contributed by atoms with van der Waals surface area (Å²) >= 11 is 0. The monoisotopic (exact) mass is 236 g/mol. The van der Waals surface area contributed by atoms with Crippen LogP contribution < -0.4 is 0 Å². The minimum Gasteiger partial charge on any atom is -0.293 e. The van der Waals surface area contributed by atoms with E-state index >= 15 is 0 Å². The molecular formula is C14H20O3. The van der Waals surface area contributed by atoms with E-state index in [2.05, 4.69) is 6.92 Å². The molecule has 0 atom stereocenters. The molecule has 0 bridgehead atoms. The molecule has 1 aromatic carbocycles. The van der Waals surface area contributed by atoms with Gasteiger partial charge in [-0.05, 0) is 31.9 Å². The smallest absolute Gasteiger partial charge is 0.293 e. The lowest BCUT2D eigenvalue weighted by Crippen LogP contribution is -2.08. The highest BCUT2D eigenvalue weighted by atomic mass is 17.2. The van der Waals surface area contributed by atoms with Crippen molar-refractivity contribution in [2.24, 2.45) is 0 Å². The van der Waals surface area contributed by atoms with Gasteiger partial charge in [-0.2, -0.15) is 4.89 Å². The predicted molar refractivity (Wildman–Crippen MR) is 66.8 cm³/mol. The number of benzene rings is 1. The van der Waals surface area contributed by atoms with Crippen molar-refractivity contribution in [3.05, 3.63) is 34.9 Å². The van der Waals surface area contributed by atoms with Crippen LogP contribution in [-0.4, -0.2) is 12.6 Å². The van der Waals surface area contributed by atoms with Crippen LogP contribution in [0.2, 0.25) is 0 Å². The molecule has 1 rings (SSSR count). The number of rotatable bonds is 6. The van der Waals surface area contributed by atoms with Gasteiger partial charge in [-0.3, -0.25) is 4.89 Å². The van der Waals surface area contributed by atoms with Crippen molar-refractivity contribution in [3.8, 4) is 0 Å².